The molecule has 9 heavy (non-hydrogen) atoms. The lowest BCUT2D eigenvalue weighted by molar-refractivity contribution is -0.122. The monoisotopic (exact) mass is 128 g/mol. The van der Waals surface area contributed by atoms with E-state index in [0.29, 0.717) is 0 Å². The summed E-state index contributed by atoms with van der Waals surface area (Å²) in [5.41, 5.74) is 0. The Morgan fingerprint density at radius 1 is 1.11 bits per heavy atom. The van der Waals surface area contributed by atoms with Crippen molar-refractivity contribution in [1.29, 1.82) is 0 Å². The van der Waals surface area contributed by atoms with E-state index >= 15 is 0 Å². The van der Waals surface area contributed by atoms with Crippen LogP contribution in [0.4, 0.5) is 0 Å². The van der Waals surface area contributed by atoms with Crippen LogP contribution >= 0.6 is 0 Å². The van der Waals surface area contributed by atoms with Crippen LogP contribution in [0.15, 0.2) is 0 Å². The summed E-state index contributed by atoms with van der Waals surface area (Å²) in [5, 5.41) is 6.89. The molecule has 0 spiro atoms. The highest BCUT2D eigenvalue weighted by atomic mass is 16.3. The Hall–Kier alpha value is -0.530. The molecule has 0 saturated heterocycles. The molecule has 0 radical (unpaired) electrons. The molecule has 0 aliphatic heterocycles. The summed E-state index contributed by atoms with van der Waals surface area (Å²) < 4.78 is 0. The van der Waals surface area contributed by atoms with Crippen LogP contribution in [0, 0.1) is 11.8 Å². The fourth-order valence-electron chi connectivity index (χ4n) is 1.14. The molecule has 2 fully saturated rings. The first-order valence-corrected chi connectivity index (χ1v) is 3.46. The Bertz CT molecular complexity index is 83.1. The van der Waals surface area contributed by atoms with Gasteiger partial charge in [0, 0.05) is 0 Å². The average Bonchev–Trinajstić information content (AvgIpc) is 2.63. The molecular formula is C7H12O2. The van der Waals surface area contributed by atoms with E-state index in [1.165, 1.54) is 11.8 Å². The maximum atomic E-state index is 8.36. The summed E-state index contributed by atoms with van der Waals surface area (Å²) in [6.45, 7) is -0.250. The smallest absolute Gasteiger partial charge is 0.290 e. The van der Waals surface area contributed by atoms with Crippen LogP contribution in [0.2, 0.25) is 0 Å². The largest absolute Gasteiger partial charge is 0.483 e. The Morgan fingerprint density at radius 2 is 1.33 bits per heavy atom. The van der Waals surface area contributed by atoms with Crippen molar-refractivity contribution in [3.05, 3.63) is 0 Å². The Balaban J connectivity index is 0.000000120. The van der Waals surface area contributed by atoms with Gasteiger partial charge in [0.25, 0.3) is 6.47 Å². The van der Waals surface area contributed by atoms with Crippen molar-refractivity contribution in [3.8, 4) is 0 Å². The average molecular weight is 128 g/mol. The van der Waals surface area contributed by atoms with Crippen LogP contribution in [-0.4, -0.2) is 11.6 Å². The highest BCUT2D eigenvalue weighted by molar-refractivity contribution is 5.32. The summed E-state index contributed by atoms with van der Waals surface area (Å²) in [6.07, 6.45) is 6.24. The molecule has 2 nitrogen and oxygen atoms in total. The first kappa shape index (κ1) is 6.59. The van der Waals surface area contributed by atoms with E-state index in [4.69, 9.17) is 9.90 Å². The third-order valence-corrected chi connectivity index (χ3v) is 1.91. The summed E-state index contributed by atoms with van der Waals surface area (Å²) in [5.74, 6) is 2.43. The molecule has 0 aromatic rings. The molecular weight excluding hydrogens is 116 g/mol. The molecule has 0 aromatic carbocycles. The second-order valence-electron chi connectivity index (χ2n) is 2.78. The standard InChI is InChI=1S/C6H10.CH2O2/c1-2-5(1)6-3-4-6;2-1-3/h5-6H,1-4H2;1H,(H,2,3). The van der Waals surface area contributed by atoms with Crippen molar-refractivity contribution in [1.82, 2.24) is 0 Å². The van der Waals surface area contributed by atoms with E-state index in [1.54, 1.807) is 25.7 Å². The molecule has 2 rings (SSSR count). The molecule has 52 valence electrons. The van der Waals surface area contributed by atoms with Crippen LogP contribution in [0.3, 0.4) is 0 Å². The molecule has 0 atom stereocenters. The molecule has 0 aromatic heterocycles. The van der Waals surface area contributed by atoms with Crippen LogP contribution < -0.4 is 0 Å². The molecule has 2 saturated carbocycles. The minimum atomic E-state index is -0.250. The van der Waals surface area contributed by atoms with Crippen molar-refractivity contribution in [2.45, 2.75) is 25.7 Å². The minimum absolute atomic E-state index is 0.250. The molecule has 0 unspecified atom stereocenters. The van der Waals surface area contributed by atoms with E-state index in [9.17, 15) is 0 Å². The van der Waals surface area contributed by atoms with Gasteiger partial charge in [-0.1, -0.05) is 0 Å². The number of carboxylic acid groups (broad SMARTS) is 1. The van der Waals surface area contributed by atoms with E-state index < -0.39 is 0 Å². The van der Waals surface area contributed by atoms with E-state index in [-0.39, 0.29) is 6.47 Å². The van der Waals surface area contributed by atoms with E-state index in [2.05, 4.69) is 0 Å². The van der Waals surface area contributed by atoms with Crippen LogP contribution in [0.25, 0.3) is 0 Å². The normalized spacial score (nSPS) is 24.0. The molecule has 0 amide bonds. The van der Waals surface area contributed by atoms with Crippen molar-refractivity contribution < 1.29 is 9.90 Å². The first-order valence-electron chi connectivity index (χ1n) is 3.46. The molecule has 0 heterocycles. The van der Waals surface area contributed by atoms with Gasteiger partial charge in [-0.15, -0.1) is 0 Å². The molecule has 1 N–H and O–H groups in total. The predicted octanol–water partition coefficient (Wildman–Crippen LogP) is 1.51. The number of carbonyl (C=O) groups is 1. The second kappa shape index (κ2) is 2.85. The Morgan fingerprint density at radius 3 is 1.44 bits per heavy atom. The lowest BCUT2D eigenvalue weighted by Crippen LogP contribution is -1.70. The molecule has 0 bridgehead atoms. The van der Waals surface area contributed by atoms with Crippen molar-refractivity contribution in [2.75, 3.05) is 0 Å². The van der Waals surface area contributed by atoms with Gasteiger partial charge in [-0.3, -0.25) is 4.79 Å². The van der Waals surface area contributed by atoms with Crippen LogP contribution in [0.1, 0.15) is 25.7 Å². The van der Waals surface area contributed by atoms with Crippen LogP contribution in [0.5, 0.6) is 0 Å². The van der Waals surface area contributed by atoms with Crippen molar-refractivity contribution in [3.63, 3.8) is 0 Å². The minimum Gasteiger partial charge on any atom is -0.483 e. The van der Waals surface area contributed by atoms with E-state index in [0.717, 1.165) is 0 Å². The topological polar surface area (TPSA) is 37.3 Å². The fourth-order valence-corrected chi connectivity index (χ4v) is 1.14. The summed E-state index contributed by atoms with van der Waals surface area (Å²) >= 11 is 0. The zero-order chi connectivity index (χ0) is 6.69. The van der Waals surface area contributed by atoms with Gasteiger partial charge in [0.15, 0.2) is 0 Å². The Labute approximate surface area is 54.9 Å². The fraction of sp³-hybridized carbons (Fsp3) is 0.857. The van der Waals surface area contributed by atoms with Gasteiger partial charge in [0.2, 0.25) is 0 Å². The van der Waals surface area contributed by atoms with Crippen molar-refractivity contribution >= 4 is 6.47 Å². The summed E-state index contributed by atoms with van der Waals surface area (Å²) in [4.78, 5) is 8.36. The quantitative estimate of drug-likeness (QED) is 0.543. The highest BCUT2D eigenvalue weighted by Gasteiger charge is 2.37. The van der Waals surface area contributed by atoms with Crippen molar-refractivity contribution in [2.24, 2.45) is 11.8 Å². The highest BCUT2D eigenvalue weighted by Crippen LogP contribution is 2.49. The first-order chi connectivity index (χ1) is 4.38. The van der Waals surface area contributed by atoms with Gasteiger partial charge in [-0.25, -0.2) is 0 Å². The predicted molar refractivity (Wildman–Crippen MR) is 34.1 cm³/mol. The maximum Gasteiger partial charge on any atom is 0.290 e. The lowest BCUT2D eigenvalue weighted by atomic mass is 10.3. The van der Waals surface area contributed by atoms with Gasteiger partial charge < -0.3 is 5.11 Å². The van der Waals surface area contributed by atoms with Gasteiger partial charge >= 0.3 is 0 Å². The second-order valence-corrected chi connectivity index (χ2v) is 2.78. The van der Waals surface area contributed by atoms with E-state index in [1.807, 2.05) is 0 Å². The molecule has 2 heteroatoms. The number of hydrogen-bond donors (Lipinski definition) is 1. The van der Waals surface area contributed by atoms with Gasteiger partial charge in [0.05, 0.1) is 0 Å². The Kier molecular flexibility index (Phi) is 2.09. The third-order valence-electron chi connectivity index (χ3n) is 1.91. The number of rotatable bonds is 1. The maximum absolute atomic E-state index is 8.36. The summed E-state index contributed by atoms with van der Waals surface area (Å²) in [6, 6.07) is 0. The zero-order valence-corrected chi connectivity index (χ0v) is 5.42. The SMILES string of the molecule is C1CC1C1CC1.O=CO. The molecule has 2 aliphatic rings. The zero-order valence-electron chi connectivity index (χ0n) is 5.42. The van der Waals surface area contributed by atoms with Gasteiger partial charge in [-0.2, -0.15) is 0 Å². The summed E-state index contributed by atoms with van der Waals surface area (Å²) in [7, 11) is 0. The third kappa shape index (κ3) is 2.49. The van der Waals surface area contributed by atoms with Crippen LogP contribution in [-0.2, 0) is 4.79 Å². The molecule has 2 aliphatic carbocycles. The van der Waals surface area contributed by atoms with Gasteiger partial charge in [0.1, 0.15) is 0 Å². The number of hydrogen-bond acceptors (Lipinski definition) is 1. The van der Waals surface area contributed by atoms with Gasteiger partial charge in [-0.05, 0) is 37.5 Å². The lowest BCUT2D eigenvalue weighted by Gasteiger charge is -1.77.